The molecule has 0 amide bonds. The van der Waals surface area contributed by atoms with Gasteiger partial charge in [-0.25, -0.2) is 5.01 Å². The van der Waals surface area contributed by atoms with Crippen molar-refractivity contribution in [2.45, 2.75) is 20.8 Å². The van der Waals surface area contributed by atoms with Gasteiger partial charge in [0, 0.05) is 6.21 Å². The zero-order valence-corrected chi connectivity index (χ0v) is 16.0. The second-order valence-electron chi connectivity index (χ2n) is 4.51. The molecule has 1 heterocycles. The molecule has 0 saturated heterocycles. The lowest BCUT2D eigenvalue weighted by Crippen LogP contribution is -2.36. The van der Waals surface area contributed by atoms with E-state index in [9.17, 15) is 5.26 Å². The zero-order chi connectivity index (χ0) is 18.5. The summed E-state index contributed by atoms with van der Waals surface area (Å²) in [6.07, 6.45) is 3.59. The van der Waals surface area contributed by atoms with Crippen LogP contribution < -0.4 is 10.1 Å². The van der Waals surface area contributed by atoms with Gasteiger partial charge in [0.15, 0.2) is 0 Å². The number of thioether (sulfide) groups is 1. The van der Waals surface area contributed by atoms with E-state index < -0.39 is 0 Å². The molecule has 1 N–H and O–H groups in total. The lowest BCUT2D eigenvalue weighted by molar-refractivity contribution is 0.295. The Morgan fingerprint density at radius 3 is 2.72 bits per heavy atom. The predicted molar refractivity (Wildman–Crippen MR) is 106 cm³/mol. The lowest BCUT2D eigenvalue weighted by atomic mass is 10.3. The van der Waals surface area contributed by atoms with Crippen LogP contribution >= 0.6 is 11.8 Å². The maximum Gasteiger partial charge on any atom is 0.145 e. The van der Waals surface area contributed by atoms with Crippen LogP contribution in [0.3, 0.4) is 0 Å². The van der Waals surface area contributed by atoms with E-state index in [1.807, 2.05) is 57.4 Å². The van der Waals surface area contributed by atoms with Crippen LogP contribution in [0.2, 0.25) is 0 Å². The Morgan fingerprint density at radius 2 is 2.12 bits per heavy atom. The van der Waals surface area contributed by atoms with Crippen molar-refractivity contribution in [3.8, 4) is 11.8 Å². The number of hydrogen-bond donors (Lipinski definition) is 1. The van der Waals surface area contributed by atoms with Gasteiger partial charge in [-0.15, -0.1) is 11.8 Å². The van der Waals surface area contributed by atoms with Crippen molar-refractivity contribution < 1.29 is 4.74 Å². The number of rotatable bonds is 6. The molecule has 0 atom stereocenters. The van der Waals surface area contributed by atoms with Gasteiger partial charge in [0.05, 0.1) is 6.54 Å². The van der Waals surface area contributed by atoms with Crippen molar-refractivity contribution in [1.29, 1.82) is 5.26 Å². The van der Waals surface area contributed by atoms with E-state index in [2.05, 4.69) is 21.5 Å². The van der Waals surface area contributed by atoms with E-state index in [0.717, 1.165) is 10.8 Å². The summed E-state index contributed by atoms with van der Waals surface area (Å²) >= 11 is 1.46. The average molecular weight is 359 g/mol. The van der Waals surface area contributed by atoms with E-state index in [1.165, 1.54) is 11.8 Å². The predicted octanol–water partition coefficient (Wildman–Crippen LogP) is 3.46. The maximum atomic E-state index is 9.43. The van der Waals surface area contributed by atoms with Gasteiger partial charge in [0.2, 0.25) is 0 Å². The Hall–Kier alpha value is -2.46. The summed E-state index contributed by atoms with van der Waals surface area (Å²) < 4.78 is 5.65. The van der Waals surface area contributed by atoms with Gasteiger partial charge >= 0.3 is 0 Å². The highest BCUT2D eigenvalue weighted by Gasteiger charge is 2.22. The molecule has 1 aromatic carbocycles. The molecule has 1 aliphatic rings. The van der Waals surface area contributed by atoms with Crippen molar-refractivity contribution in [2.75, 3.05) is 26.1 Å². The number of para-hydroxylation sites is 1. The van der Waals surface area contributed by atoms with Crippen LogP contribution in [0.1, 0.15) is 20.8 Å². The average Bonchev–Trinajstić information content (AvgIpc) is 2.68. The summed E-state index contributed by atoms with van der Waals surface area (Å²) in [6, 6.07) is 11.8. The number of aliphatic imine (C=N–C) groups is 1. The van der Waals surface area contributed by atoms with E-state index in [0.29, 0.717) is 31.2 Å². The van der Waals surface area contributed by atoms with E-state index in [-0.39, 0.29) is 0 Å². The summed E-state index contributed by atoms with van der Waals surface area (Å²) in [4.78, 5) is 4.37. The topological polar surface area (TPSA) is 73.0 Å². The molecule has 7 heteroatoms. The van der Waals surface area contributed by atoms with Gasteiger partial charge in [-0.1, -0.05) is 32.0 Å². The number of ether oxygens (including phenoxy) is 1. The molecule has 134 valence electrons. The van der Waals surface area contributed by atoms with E-state index >= 15 is 0 Å². The number of nitriles is 1. The van der Waals surface area contributed by atoms with Crippen LogP contribution in [0.4, 0.5) is 0 Å². The standard InChI is InChI=1S/C16H19N5OS.C2H6/c1-3-20-21-12-19-16(23-2)14(11-17)15(21)18-9-10-22-13-7-5-4-6-8-13;1-2/h3-8,18H,9-10,12H2,1-2H3;1-2H3/b20-3-;. The Morgan fingerprint density at radius 1 is 1.40 bits per heavy atom. The third kappa shape index (κ3) is 6.16. The Kier molecular flexibility index (Phi) is 9.87. The van der Waals surface area contributed by atoms with Gasteiger partial charge in [-0.05, 0) is 25.3 Å². The summed E-state index contributed by atoms with van der Waals surface area (Å²) in [7, 11) is 0. The van der Waals surface area contributed by atoms with Crippen LogP contribution in [0.25, 0.3) is 0 Å². The highest BCUT2D eigenvalue weighted by molar-refractivity contribution is 8.13. The highest BCUT2D eigenvalue weighted by atomic mass is 32.2. The minimum atomic E-state index is 0.396. The van der Waals surface area contributed by atoms with Crippen LogP contribution in [0.5, 0.6) is 5.75 Å². The first-order chi connectivity index (χ1) is 12.3. The zero-order valence-electron chi connectivity index (χ0n) is 15.2. The van der Waals surface area contributed by atoms with Crippen LogP contribution in [0.15, 0.2) is 51.8 Å². The number of hydrogen-bond acceptors (Lipinski definition) is 7. The summed E-state index contributed by atoms with van der Waals surface area (Å²) in [5.74, 6) is 1.49. The number of nitrogens with one attached hydrogen (secondary N) is 1. The number of benzene rings is 1. The maximum absolute atomic E-state index is 9.43. The minimum absolute atomic E-state index is 0.396. The SMILES string of the molecule is C/C=N\N1CN=C(SC)C(C#N)=C1NCCOc1ccccc1.CC. The van der Waals surface area contributed by atoms with Gasteiger partial charge in [-0.2, -0.15) is 10.4 Å². The molecule has 0 unspecified atom stereocenters. The van der Waals surface area contributed by atoms with E-state index in [4.69, 9.17) is 4.74 Å². The molecule has 0 bridgehead atoms. The summed E-state index contributed by atoms with van der Waals surface area (Å²) in [5, 5.41) is 19.3. The second-order valence-corrected chi connectivity index (χ2v) is 5.30. The molecule has 0 spiro atoms. The van der Waals surface area contributed by atoms with Gasteiger partial charge in [-0.3, -0.25) is 4.99 Å². The lowest BCUT2D eigenvalue weighted by Gasteiger charge is -2.26. The van der Waals surface area contributed by atoms with Gasteiger partial charge in [0.25, 0.3) is 0 Å². The molecule has 25 heavy (non-hydrogen) atoms. The summed E-state index contributed by atoms with van der Waals surface area (Å²) in [6.45, 7) is 7.28. The van der Waals surface area contributed by atoms with Crippen LogP contribution in [-0.2, 0) is 0 Å². The molecule has 6 nitrogen and oxygen atoms in total. The number of hydrazone groups is 1. The molecule has 0 fully saturated rings. The van der Waals surface area contributed by atoms with Crippen molar-refractivity contribution in [3.63, 3.8) is 0 Å². The largest absolute Gasteiger partial charge is 0.492 e. The molecular weight excluding hydrogens is 334 g/mol. The molecule has 0 saturated carbocycles. The van der Waals surface area contributed by atoms with Crippen LogP contribution in [-0.4, -0.2) is 42.3 Å². The van der Waals surface area contributed by atoms with E-state index in [1.54, 1.807) is 11.2 Å². The fraction of sp³-hybridized carbons (Fsp3) is 0.389. The van der Waals surface area contributed by atoms with Crippen molar-refractivity contribution in [2.24, 2.45) is 10.1 Å². The van der Waals surface area contributed by atoms with Gasteiger partial charge < -0.3 is 10.1 Å². The first-order valence-electron chi connectivity index (χ1n) is 8.21. The quantitative estimate of drug-likeness (QED) is 0.622. The fourth-order valence-electron chi connectivity index (χ4n) is 2.05. The molecule has 2 rings (SSSR count). The van der Waals surface area contributed by atoms with Crippen molar-refractivity contribution in [3.05, 3.63) is 41.7 Å². The first-order valence-corrected chi connectivity index (χ1v) is 9.43. The minimum Gasteiger partial charge on any atom is -0.492 e. The normalized spacial score (nSPS) is 13.7. The van der Waals surface area contributed by atoms with Gasteiger partial charge in [0.1, 0.15) is 41.5 Å². The fourth-order valence-corrected chi connectivity index (χ4v) is 2.58. The molecule has 1 aromatic rings. The number of nitrogens with zero attached hydrogens (tertiary/aromatic N) is 4. The van der Waals surface area contributed by atoms with Crippen molar-refractivity contribution >= 4 is 23.0 Å². The third-order valence-corrected chi connectivity index (χ3v) is 3.74. The second kappa shape index (κ2) is 12.0. The molecule has 0 radical (unpaired) electrons. The third-order valence-electron chi connectivity index (χ3n) is 3.02. The molecule has 1 aliphatic heterocycles. The molecule has 0 aliphatic carbocycles. The Bertz CT molecular complexity index is 649. The smallest absolute Gasteiger partial charge is 0.145 e. The first kappa shape index (κ1) is 20.6. The van der Waals surface area contributed by atoms with Crippen LogP contribution in [0, 0.1) is 11.3 Å². The summed E-state index contributed by atoms with van der Waals surface area (Å²) in [5.41, 5.74) is 0.508. The molecular formula is C18H25N5OS. The Balaban J connectivity index is 0.00000151. The highest BCUT2D eigenvalue weighted by Crippen LogP contribution is 2.20. The monoisotopic (exact) mass is 359 g/mol. The van der Waals surface area contributed by atoms with Crippen molar-refractivity contribution in [1.82, 2.24) is 10.3 Å². The Labute approximate surface area is 154 Å². The molecule has 0 aromatic heterocycles.